The highest BCUT2D eigenvalue weighted by Gasteiger charge is 2.14. The fourth-order valence-electron chi connectivity index (χ4n) is 2.52. The number of guanidine groups is 1. The fraction of sp³-hybridized carbons (Fsp3) is 0.562. The summed E-state index contributed by atoms with van der Waals surface area (Å²) in [6.07, 6.45) is 4.77. The summed E-state index contributed by atoms with van der Waals surface area (Å²) >= 11 is 3.52. The lowest BCUT2D eigenvalue weighted by atomic mass is 10.1. The number of rotatable bonds is 5. The molecule has 0 saturated carbocycles. The average Bonchev–Trinajstić information content (AvgIpc) is 2.96. The van der Waals surface area contributed by atoms with Gasteiger partial charge in [0, 0.05) is 30.7 Å². The van der Waals surface area contributed by atoms with Crippen LogP contribution in [-0.4, -0.2) is 37.0 Å². The third kappa shape index (κ3) is 4.82. The Balaban J connectivity index is 1.80. The molecule has 0 spiro atoms. The number of hydrogen-bond acceptors (Lipinski definition) is 1. The van der Waals surface area contributed by atoms with Gasteiger partial charge in [-0.3, -0.25) is 4.99 Å². The van der Waals surface area contributed by atoms with Gasteiger partial charge in [0.05, 0.1) is 0 Å². The largest absolute Gasteiger partial charge is 0.357 e. The third-order valence-electron chi connectivity index (χ3n) is 3.51. The second-order valence-electron chi connectivity index (χ2n) is 5.16. The molecule has 3 nitrogen and oxygen atoms in total. The number of nitrogens with one attached hydrogen (secondary N) is 1. The Bertz CT molecular complexity index is 439. The minimum Gasteiger partial charge on any atom is -0.357 e. The summed E-state index contributed by atoms with van der Waals surface area (Å²) in [5, 5.41) is 3.40. The molecule has 1 saturated heterocycles. The van der Waals surface area contributed by atoms with E-state index >= 15 is 0 Å². The molecular formula is C16H24BrN3. The van der Waals surface area contributed by atoms with Gasteiger partial charge in [-0.25, -0.2) is 0 Å². The highest BCUT2D eigenvalue weighted by molar-refractivity contribution is 9.10. The van der Waals surface area contributed by atoms with E-state index in [0.29, 0.717) is 0 Å². The molecule has 1 fully saturated rings. The van der Waals surface area contributed by atoms with Crippen LogP contribution in [0.3, 0.4) is 0 Å². The van der Waals surface area contributed by atoms with Crippen molar-refractivity contribution < 1.29 is 0 Å². The number of aryl methyl sites for hydroxylation is 1. The van der Waals surface area contributed by atoms with Crippen LogP contribution in [0, 0.1) is 0 Å². The smallest absolute Gasteiger partial charge is 0.193 e. The van der Waals surface area contributed by atoms with Gasteiger partial charge in [-0.15, -0.1) is 0 Å². The summed E-state index contributed by atoms with van der Waals surface area (Å²) in [4.78, 5) is 7.13. The summed E-state index contributed by atoms with van der Waals surface area (Å²) in [5.41, 5.74) is 1.38. The standard InChI is InChI=1S/C16H24BrN3/c1-2-18-16(20-11-3-4-12-20)19-10-6-8-14-7-5-9-15(17)13-14/h5,7,9,13H,2-4,6,8,10-12H2,1H3,(H,18,19). The lowest BCUT2D eigenvalue weighted by molar-refractivity contribution is 0.493. The molecule has 0 aromatic heterocycles. The Hall–Kier alpha value is -1.03. The van der Waals surface area contributed by atoms with Crippen LogP contribution in [0.15, 0.2) is 33.7 Å². The van der Waals surface area contributed by atoms with E-state index < -0.39 is 0 Å². The monoisotopic (exact) mass is 337 g/mol. The molecule has 0 atom stereocenters. The average molecular weight is 338 g/mol. The number of nitrogens with zero attached hydrogens (tertiary/aromatic N) is 2. The van der Waals surface area contributed by atoms with Gasteiger partial charge in [0.25, 0.3) is 0 Å². The van der Waals surface area contributed by atoms with Crippen molar-refractivity contribution in [1.82, 2.24) is 10.2 Å². The van der Waals surface area contributed by atoms with E-state index in [2.05, 4.69) is 57.3 Å². The van der Waals surface area contributed by atoms with Gasteiger partial charge < -0.3 is 10.2 Å². The second-order valence-corrected chi connectivity index (χ2v) is 6.08. The number of halogens is 1. The normalized spacial score (nSPS) is 15.7. The topological polar surface area (TPSA) is 27.6 Å². The number of hydrogen-bond donors (Lipinski definition) is 1. The van der Waals surface area contributed by atoms with Crippen molar-refractivity contribution in [1.29, 1.82) is 0 Å². The van der Waals surface area contributed by atoms with Crippen molar-refractivity contribution in [2.45, 2.75) is 32.6 Å². The summed E-state index contributed by atoms with van der Waals surface area (Å²) in [6.45, 7) is 6.27. The molecule has 1 heterocycles. The van der Waals surface area contributed by atoms with Crippen LogP contribution in [0.25, 0.3) is 0 Å². The van der Waals surface area contributed by atoms with Crippen LogP contribution >= 0.6 is 15.9 Å². The predicted molar refractivity (Wildman–Crippen MR) is 89.2 cm³/mol. The minimum atomic E-state index is 0.894. The zero-order valence-electron chi connectivity index (χ0n) is 12.2. The SMILES string of the molecule is CCNC(=NCCCc1cccc(Br)c1)N1CCCC1. The predicted octanol–water partition coefficient (Wildman–Crippen LogP) is 3.44. The molecule has 2 rings (SSSR count). The summed E-state index contributed by atoms with van der Waals surface area (Å²) in [5.74, 6) is 1.10. The van der Waals surface area contributed by atoms with Crippen LogP contribution < -0.4 is 5.32 Å². The van der Waals surface area contributed by atoms with Gasteiger partial charge in [0.2, 0.25) is 0 Å². The Morgan fingerprint density at radius 3 is 2.85 bits per heavy atom. The minimum absolute atomic E-state index is 0.894. The van der Waals surface area contributed by atoms with E-state index in [9.17, 15) is 0 Å². The molecule has 1 aromatic rings. The van der Waals surface area contributed by atoms with Crippen LogP contribution in [0.4, 0.5) is 0 Å². The van der Waals surface area contributed by atoms with Crippen molar-refractivity contribution in [2.24, 2.45) is 4.99 Å². The highest BCUT2D eigenvalue weighted by atomic mass is 79.9. The van der Waals surface area contributed by atoms with E-state index in [0.717, 1.165) is 49.5 Å². The van der Waals surface area contributed by atoms with Gasteiger partial charge >= 0.3 is 0 Å². The van der Waals surface area contributed by atoms with Crippen LogP contribution in [-0.2, 0) is 6.42 Å². The Labute approximate surface area is 130 Å². The molecule has 4 heteroatoms. The van der Waals surface area contributed by atoms with Crippen LogP contribution in [0.1, 0.15) is 31.7 Å². The maximum absolute atomic E-state index is 4.75. The van der Waals surface area contributed by atoms with Gasteiger partial charge in [-0.2, -0.15) is 0 Å². The zero-order chi connectivity index (χ0) is 14.2. The zero-order valence-corrected chi connectivity index (χ0v) is 13.8. The molecule has 20 heavy (non-hydrogen) atoms. The van der Waals surface area contributed by atoms with Crippen molar-refractivity contribution in [3.8, 4) is 0 Å². The number of aliphatic imine (C=N–C) groups is 1. The third-order valence-corrected chi connectivity index (χ3v) is 4.01. The molecule has 1 aromatic carbocycles. The van der Waals surface area contributed by atoms with E-state index in [1.54, 1.807) is 0 Å². The summed E-state index contributed by atoms with van der Waals surface area (Å²) < 4.78 is 1.16. The molecule has 0 bridgehead atoms. The fourth-order valence-corrected chi connectivity index (χ4v) is 2.96. The van der Waals surface area contributed by atoms with Gasteiger partial charge in [0.15, 0.2) is 5.96 Å². The van der Waals surface area contributed by atoms with Crippen molar-refractivity contribution >= 4 is 21.9 Å². The Morgan fingerprint density at radius 1 is 1.35 bits per heavy atom. The van der Waals surface area contributed by atoms with Crippen LogP contribution in [0.5, 0.6) is 0 Å². The molecule has 0 radical (unpaired) electrons. The quantitative estimate of drug-likeness (QED) is 0.506. The van der Waals surface area contributed by atoms with E-state index in [-0.39, 0.29) is 0 Å². The first-order chi connectivity index (χ1) is 9.79. The van der Waals surface area contributed by atoms with E-state index in [4.69, 9.17) is 4.99 Å². The maximum Gasteiger partial charge on any atom is 0.193 e. The first kappa shape index (κ1) is 15.4. The van der Waals surface area contributed by atoms with Gasteiger partial charge in [-0.05, 0) is 50.3 Å². The first-order valence-corrected chi connectivity index (χ1v) is 8.36. The molecule has 0 unspecified atom stereocenters. The second kappa shape index (κ2) is 8.30. The van der Waals surface area contributed by atoms with E-state index in [1.165, 1.54) is 18.4 Å². The number of benzene rings is 1. The molecular weight excluding hydrogens is 314 g/mol. The molecule has 0 amide bonds. The van der Waals surface area contributed by atoms with Crippen molar-refractivity contribution in [3.63, 3.8) is 0 Å². The van der Waals surface area contributed by atoms with Crippen molar-refractivity contribution in [3.05, 3.63) is 34.3 Å². The molecule has 0 aliphatic carbocycles. The first-order valence-electron chi connectivity index (χ1n) is 7.57. The lowest BCUT2D eigenvalue weighted by Gasteiger charge is -2.20. The van der Waals surface area contributed by atoms with Gasteiger partial charge in [-0.1, -0.05) is 28.1 Å². The van der Waals surface area contributed by atoms with Crippen molar-refractivity contribution in [2.75, 3.05) is 26.2 Å². The molecule has 1 aliphatic heterocycles. The maximum atomic E-state index is 4.75. The Kier molecular flexibility index (Phi) is 6.37. The van der Waals surface area contributed by atoms with E-state index in [1.807, 2.05) is 0 Å². The molecule has 110 valence electrons. The van der Waals surface area contributed by atoms with Crippen LogP contribution in [0.2, 0.25) is 0 Å². The molecule has 1 aliphatic rings. The molecule has 1 N–H and O–H groups in total. The summed E-state index contributed by atoms with van der Waals surface area (Å²) in [7, 11) is 0. The summed E-state index contributed by atoms with van der Waals surface area (Å²) in [6, 6.07) is 8.53. The Morgan fingerprint density at radius 2 is 2.15 bits per heavy atom. The lowest BCUT2D eigenvalue weighted by Crippen LogP contribution is -2.39. The van der Waals surface area contributed by atoms with Gasteiger partial charge in [0.1, 0.15) is 0 Å². The number of likely N-dealkylation sites (tertiary alicyclic amines) is 1. The highest BCUT2D eigenvalue weighted by Crippen LogP contribution is 2.13.